The average Bonchev–Trinajstić information content (AvgIpc) is 2.45. The topological polar surface area (TPSA) is 70.6 Å². The first-order valence-electron chi connectivity index (χ1n) is 7.08. The van der Waals surface area contributed by atoms with Crippen molar-refractivity contribution in [2.45, 2.75) is 52.1 Å². The first kappa shape index (κ1) is 16.4. The van der Waals surface area contributed by atoms with Crippen LogP contribution < -0.4 is 11.1 Å². The van der Waals surface area contributed by atoms with Gasteiger partial charge in [0.25, 0.3) is 0 Å². The summed E-state index contributed by atoms with van der Waals surface area (Å²) in [5.74, 6) is -0.432. The molecule has 0 spiro atoms. The first-order valence-corrected chi connectivity index (χ1v) is 7.08. The van der Waals surface area contributed by atoms with Crippen LogP contribution in [-0.2, 0) is 6.54 Å². The summed E-state index contributed by atoms with van der Waals surface area (Å²) in [5.41, 5.74) is 6.39. The lowest BCUT2D eigenvalue weighted by Crippen LogP contribution is -2.26. The normalized spacial score (nSPS) is 13.4. The molecular formula is C15H24FN3O. The molecule has 1 unspecified atom stereocenters. The molecule has 0 amide bonds. The molecule has 20 heavy (non-hydrogen) atoms. The molecule has 0 saturated carbocycles. The van der Waals surface area contributed by atoms with Gasteiger partial charge in [-0.1, -0.05) is 43.5 Å². The van der Waals surface area contributed by atoms with Crippen LogP contribution in [-0.4, -0.2) is 17.1 Å². The number of amidine groups is 1. The van der Waals surface area contributed by atoms with Gasteiger partial charge in [0.2, 0.25) is 0 Å². The van der Waals surface area contributed by atoms with Crippen LogP contribution in [0, 0.1) is 5.82 Å². The molecule has 0 heterocycles. The number of nitrogens with one attached hydrogen (secondary N) is 1. The number of halogens is 1. The fraction of sp³-hybridized carbons (Fsp3) is 0.533. The van der Waals surface area contributed by atoms with Gasteiger partial charge in [0, 0.05) is 23.7 Å². The quantitative estimate of drug-likeness (QED) is 0.225. The molecule has 112 valence electrons. The zero-order chi connectivity index (χ0) is 15.0. The van der Waals surface area contributed by atoms with Gasteiger partial charge in [0.05, 0.1) is 0 Å². The summed E-state index contributed by atoms with van der Waals surface area (Å²) < 4.78 is 13.9. The number of benzene rings is 1. The van der Waals surface area contributed by atoms with Crippen LogP contribution in [0.25, 0.3) is 0 Å². The molecule has 5 heteroatoms. The number of hydrogen-bond acceptors (Lipinski definition) is 3. The highest BCUT2D eigenvalue weighted by atomic mass is 19.1. The van der Waals surface area contributed by atoms with Crippen molar-refractivity contribution < 1.29 is 9.60 Å². The lowest BCUT2D eigenvalue weighted by atomic mass is 10.1. The Morgan fingerprint density at radius 2 is 2.20 bits per heavy atom. The highest BCUT2D eigenvalue weighted by Crippen LogP contribution is 2.11. The Balaban J connectivity index is 2.52. The minimum absolute atomic E-state index is 0.0867. The highest BCUT2D eigenvalue weighted by Gasteiger charge is 2.08. The molecule has 0 saturated heterocycles. The predicted octanol–water partition coefficient (Wildman–Crippen LogP) is 2.98. The molecule has 1 atom stereocenters. The Kier molecular flexibility index (Phi) is 7.01. The van der Waals surface area contributed by atoms with E-state index in [-0.39, 0.29) is 11.7 Å². The van der Waals surface area contributed by atoms with Crippen LogP contribution in [0.5, 0.6) is 0 Å². The van der Waals surface area contributed by atoms with Crippen molar-refractivity contribution >= 4 is 5.84 Å². The molecule has 0 aromatic heterocycles. The second-order valence-electron chi connectivity index (χ2n) is 5.07. The maximum atomic E-state index is 13.9. The molecule has 0 bridgehead atoms. The second kappa shape index (κ2) is 8.53. The number of unbranched alkanes of at least 4 members (excludes halogenated alkanes) is 2. The van der Waals surface area contributed by atoms with Crippen molar-refractivity contribution in [3.63, 3.8) is 0 Å². The molecule has 4 N–H and O–H groups in total. The van der Waals surface area contributed by atoms with Crippen LogP contribution in [0.4, 0.5) is 4.39 Å². The van der Waals surface area contributed by atoms with Crippen molar-refractivity contribution in [3.8, 4) is 0 Å². The number of nitrogens with two attached hydrogens (primary N) is 1. The largest absolute Gasteiger partial charge is 0.409 e. The standard InChI is InChI=1S/C15H24FN3O/c1-3-4-5-6-11(2)18-10-13-8-7-12(9-14(13)16)15(17)19-20/h7-9,11,18,20H,3-6,10H2,1-2H3,(H2,17,19). The van der Waals surface area contributed by atoms with E-state index in [2.05, 4.69) is 24.3 Å². The van der Waals surface area contributed by atoms with E-state index in [9.17, 15) is 4.39 Å². The second-order valence-corrected chi connectivity index (χ2v) is 5.07. The van der Waals surface area contributed by atoms with E-state index < -0.39 is 0 Å². The molecule has 0 aliphatic heterocycles. The monoisotopic (exact) mass is 281 g/mol. The highest BCUT2D eigenvalue weighted by molar-refractivity contribution is 5.97. The van der Waals surface area contributed by atoms with E-state index >= 15 is 0 Å². The van der Waals surface area contributed by atoms with Gasteiger partial charge in [0.15, 0.2) is 5.84 Å². The van der Waals surface area contributed by atoms with Crippen LogP contribution in [0.15, 0.2) is 23.4 Å². The van der Waals surface area contributed by atoms with E-state index in [0.29, 0.717) is 23.7 Å². The van der Waals surface area contributed by atoms with E-state index in [1.165, 1.54) is 25.3 Å². The lowest BCUT2D eigenvalue weighted by Gasteiger charge is -2.14. The van der Waals surface area contributed by atoms with Gasteiger partial charge in [-0.3, -0.25) is 0 Å². The third-order valence-corrected chi connectivity index (χ3v) is 3.34. The van der Waals surface area contributed by atoms with E-state index in [4.69, 9.17) is 10.9 Å². The number of rotatable bonds is 8. The van der Waals surface area contributed by atoms with Crippen LogP contribution in [0.2, 0.25) is 0 Å². The predicted molar refractivity (Wildman–Crippen MR) is 79.4 cm³/mol. The Morgan fingerprint density at radius 3 is 2.80 bits per heavy atom. The van der Waals surface area contributed by atoms with Crippen LogP contribution in [0.3, 0.4) is 0 Å². The third kappa shape index (κ3) is 5.17. The molecule has 0 fully saturated rings. The Labute approximate surface area is 119 Å². The Hall–Kier alpha value is -1.62. The molecule has 4 nitrogen and oxygen atoms in total. The number of oxime groups is 1. The summed E-state index contributed by atoms with van der Waals surface area (Å²) in [4.78, 5) is 0. The summed E-state index contributed by atoms with van der Waals surface area (Å²) in [7, 11) is 0. The van der Waals surface area contributed by atoms with Crippen molar-refractivity contribution in [2.24, 2.45) is 10.9 Å². The summed E-state index contributed by atoms with van der Waals surface area (Å²) in [6.07, 6.45) is 4.72. The summed E-state index contributed by atoms with van der Waals surface area (Å²) in [5, 5.41) is 14.7. The number of nitrogens with zero attached hydrogens (tertiary/aromatic N) is 1. The zero-order valence-electron chi connectivity index (χ0n) is 12.2. The maximum Gasteiger partial charge on any atom is 0.170 e. The lowest BCUT2D eigenvalue weighted by molar-refractivity contribution is 0.318. The van der Waals surface area contributed by atoms with Gasteiger partial charge < -0.3 is 16.3 Å². The van der Waals surface area contributed by atoms with Gasteiger partial charge in [-0.2, -0.15) is 0 Å². The summed E-state index contributed by atoms with van der Waals surface area (Å²) >= 11 is 0. The van der Waals surface area contributed by atoms with Crippen molar-refractivity contribution in [1.29, 1.82) is 0 Å². The Morgan fingerprint density at radius 1 is 1.45 bits per heavy atom. The van der Waals surface area contributed by atoms with Crippen LogP contribution in [0.1, 0.15) is 50.7 Å². The van der Waals surface area contributed by atoms with Gasteiger partial charge in [0.1, 0.15) is 5.82 Å². The van der Waals surface area contributed by atoms with Crippen molar-refractivity contribution in [3.05, 3.63) is 35.1 Å². The van der Waals surface area contributed by atoms with Crippen molar-refractivity contribution in [1.82, 2.24) is 5.32 Å². The maximum absolute atomic E-state index is 13.9. The SMILES string of the molecule is CCCCCC(C)NCc1ccc(C(N)=NO)cc1F. The summed E-state index contributed by atoms with van der Waals surface area (Å²) in [6, 6.07) is 4.96. The zero-order valence-corrected chi connectivity index (χ0v) is 12.2. The van der Waals surface area contributed by atoms with E-state index in [1.54, 1.807) is 12.1 Å². The van der Waals surface area contributed by atoms with Gasteiger partial charge >= 0.3 is 0 Å². The molecular weight excluding hydrogens is 257 g/mol. The van der Waals surface area contributed by atoms with E-state index in [1.807, 2.05) is 0 Å². The molecule has 0 radical (unpaired) electrons. The van der Waals surface area contributed by atoms with Crippen molar-refractivity contribution in [2.75, 3.05) is 0 Å². The molecule has 0 aliphatic carbocycles. The van der Waals surface area contributed by atoms with Gasteiger partial charge in [-0.25, -0.2) is 4.39 Å². The van der Waals surface area contributed by atoms with Crippen LogP contribution >= 0.6 is 0 Å². The molecule has 1 aromatic carbocycles. The minimum Gasteiger partial charge on any atom is -0.409 e. The fourth-order valence-electron chi connectivity index (χ4n) is 1.99. The van der Waals surface area contributed by atoms with Gasteiger partial charge in [-0.05, 0) is 19.4 Å². The Bertz CT molecular complexity index is 449. The average molecular weight is 281 g/mol. The number of hydrogen-bond donors (Lipinski definition) is 3. The third-order valence-electron chi connectivity index (χ3n) is 3.34. The molecule has 0 aliphatic rings. The minimum atomic E-state index is -0.345. The molecule has 1 rings (SSSR count). The fourth-order valence-corrected chi connectivity index (χ4v) is 1.99. The van der Waals surface area contributed by atoms with Gasteiger partial charge in [-0.15, -0.1) is 0 Å². The smallest absolute Gasteiger partial charge is 0.170 e. The summed E-state index contributed by atoms with van der Waals surface area (Å²) in [6.45, 7) is 4.77. The first-order chi connectivity index (χ1) is 9.58. The van der Waals surface area contributed by atoms with E-state index in [0.717, 1.165) is 6.42 Å². The molecule has 1 aromatic rings.